The number of aliphatic hydroxyl groups excluding tert-OH is 1. The number of aliphatic hydroxyl groups is 1. The van der Waals surface area contributed by atoms with Crippen molar-refractivity contribution in [2.45, 2.75) is 6.04 Å². The standard InChI is InChI=1S/C9H11Cl2N3O3/c10-7-6(16)8(13-9(11)12-7)14-1-2-17-4-5(14)3-15/h5,15-16H,1-4H2. The van der Waals surface area contributed by atoms with Gasteiger partial charge in [-0.3, -0.25) is 0 Å². The predicted molar refractivity (Wildman–Crippen MR) is 62.8 cm³/mol. The summed E-state index contributed by atoms with van der Waals surface area (Å²) in [6.45, 7) is 1.21. The third-order valence-corrected chi connectivity index (χ3v) is 2.94. The first-order valence-electron chi connectivity index (χ1n) is 5.00. The summed E-state index contributed by atoms with van der Waals surface area (Å²) in [6, 6.07) is -0.281. The number of halogens is 2. The quantitative estimate of drug-likeness (QED) is 0.613. The van der Waals surface area contributed by atoms with Gasteiger partial charge in [-0.15, -0.1) is 0 Å². The number of hydrogen-bond acceptors (Lipinski definition) is 6. The molecule has 1 aromatic rings. The average Bonchev–Trinajstić information content (AvgIpc) is 2.33. The highest BCUT2D eigenvalue weighted by Crippen LogP contribution is 2.33. The number of ether oxygens (including phenoxy) is 1. The molecule has 1 aromatic heterocycles. The van der Waals surface area contributed by atoms with E-state index in [1.807, 2.05) is 0 Å². The number of hydrogen-bond donors (Lipinski definition) is 2. The van der Waals surface area contributed by atoms with E-state index in [0.29, 0.717) is 19.8 Å². The molecule has 1 aliphatic heterocycles. The molecular formula is C9H11Cl2N3O3. The maximum Gasteiger partial charge on any atom is 0.226 e. The Morgan fingerprint density at radius 3 is 2.88 bits per heavy atom. The van der Waals surface area contributed by atoms with Crippen LogP contribution in [0.2, 0.25) is 10.4 Å². The molecule has 0 spiro atoms. The summed E-state index contributed by atoms with van der Waals surface area (Å²) >= 11 is 11.4. The zero-order valence-corrected chi connectivity index (χ0v) is 10.3. The molecule has 1 fully saturated rings. The van der Waals surface area contributed by atoms with Gasteiger partial charge in [0.25, 0.3) is 0 Å². The van der Waals surface area contributed by atoms with Gasteiger partial charge in [-0.25, -0.2) is 4.98 Å². The molecule has 1 saturated heterocycles. The molecule has 1 aliphatic rings. The van der Waals surface area contributed by atoms with Crippen molar-refractivity contribution < 1.29 is 14.9 Å². The van der Waals surface area contributed by atoms with Crippen LogP contribution in [0.3, 0.4) is 0 Å². The van der Waals surface area contributed by atoms with E-state index in [-0.39, 0.29) is 34.7 Å². The average molecular weight is 280 g/mol. The highest BCUT2D eigenvalue weighted by molar-refractivity contribution is 6.33. The molecule has 8 heteroatoms. The zero-order valence-electron chi connectivity index (χ0n) is 8.81. The highest BCUT2D eigenvalue weighted by atomic mass is 35.5. The Morgan fingerprint density at radius 2 is 2.18 bits per heavy atom. The van der Waals surface area contributed by atoms with Gasteiger partial charge in [0.05, 0.1) is 25.9 Å². The number of aromatic hydroxyl groups is 1. The number of nitrogens with zero attached hydrogens (tertiary/aromatic N) is 3. The Morgan fingerprint density at radius 1 is 1.41 bits per heavy atom. The highest BCUT2D eigenvalue weighted by Gasteiger charge is 2.27. The van der Waals surface area contributed by atoms with Gasteiger partial charge >= 0.3 is 0 Å². The van der Waals surface area contributed by atoms with E-state index in [2.05, 4.69) is 9.97 Å². The van der Waals surface area contributed by atoms with E-state index in [9.17, 15) is 10.2 Å². The summed E-state index contributed by atoms with van der Waals surface area (Å²) in [6.07, 6.45) is 0. The molecule has 0 aromatic carbocycles. The molecule has 1 unspecified atom stereocenters. The Labute approximate surface area is 108 Å². The van der Waals surface area contributed by atoms with E-state index in [0.717, 1.165) is 0 Å². The van der Waals surface area contributed by atoms with Gasteiger partial charge in [0.1, 0.15) is 0 Å². The van der Waals surface area contributed by atoms with Gasteiger partial charge in [-0.1, -0.05) is 11.6 Å². The lowest BCUT2D eigenvalue weighted by Gasteiger charge is -2.35. The van der Waals surface area contributed by atoms with Gasteiger partial charge in [-0.05, 0) is 11.6 Å². The molecule has 0 saturated carbocycles. The van der Waals surface area contributed by atoms with Crippen molar-refractivity contribution in [3.05, 3.63) is 10.4 Å². The summed E-state index contributed by atoms with van der Waals surface area (Å²) in [5.41, 5.74) is 0. The van der Waals surface area contributed by atoms with E-state index in [1.165, 1.54) is 0 Å². The van der Waals surface area contributed by atoms with Crippen LogP contribution in [0.4, 0.5) is 5.82 Å². The topological polar surface area (TPSA) is 78.7 Å². The van der Waals surface area contributed by atoms with Gasteiger partial charge in [-0.2, -0.15) is 4.98 Å². The van der Waals surface area contributed by atoms with Crippen molar-refractivity contribution in [2.24, 2.45) is 0 Å². The summed E-state index contributed by atoms with van der Waals surface area (Å²) in [4.78, 5) is 9.27. The first kappa shape index (κ1) is 12.6. The number of rotatable bonds is 2. The number of aromatic nitrogens is 2. The Bertz CT molecular complexity index is 419. The molecular weight excluding hydrogens is 269 g/mol. The second-order valence-corrected chi connectivity index (χ2v) is 4.26. The van der Waals surface area contributed by atoms with E-state index < -0.39 is 0 Å². The van der Waals surface area contributed by atoms with Crippen LogP contribution in [-0.2, 0) is 4.74 Å². The fourth-order valence-electron chi connectivity index (χ4n) is 1.68. The van der Waals surface area contributed by atoms with Crippen molar-refractivity contribution >= 4 is 29.0 Å². The first-order chi connectivity index (χ1) is 8.13. The van der Waals surface area contributed by atoms with Gasteiger partial charge in [0.2, 0.25) is 5.28 Å². The maximum absolute atomic E-state index is 9.81. The maximum atomic E-state index is 9.81. The largest absolute Gasteiger partial charge is 0.502 e. The molecule has 2 heterocycles. The normalized spacial score (nSPS) is 20.6. The van der Waals surface area contributed by atoms with Crippen LogP contribution in [0.5, 0.6) is 5.75 Å². The first-order valence-corrected chi connectivity index (χ1v) is 5.76. The fourth-order valence-corrected chi connectivity index (χ4v) is 2.05. The molecule has 17 heavy (non-hydrogen) atoms. The Kier molecular flexibility index (Phi) is 3.88. The molecule has 1 atom stereocenters. The second kappa shape index (κ2) is 5.22. The molecule has 2 N–H and O–H groups in total. The number of anilines is 1. The Hall–Kier alpha value is -0.820. The van der Waals surface area contributed by atoms with Crippen LogP contribution in [-0.4, -0.2) is 52.6 Å². The lowest BCUT2D eigenvalue weighted by Crippen LogP contribution is -2.48. The van der Waals surface area contributed by atoms with Crippen molar-refractivity contribution in [3.63, 3.8) is 0 Å². The lowest BCUT2D eigenvalue weighted by molar-refractivity contribution is 0.0720. The minimum Gasteiger partial charge on any atom is -0.502 e. The van der Waals surface area contributed by atoms with Crippen LogP contribution in [0.25, 0.3) is 0 Å². The third-order valence-electron chi connectivity index (χ3n) is 2.51. The molecule has 6 nitrogen and oxygen atoms in total. The van der Waals surface area contributed by atoms with Crippen molar-refractivity contribution in [1.29, 1.82) is 0 Å². The van der Waals surface area contributed by atoms with Crippen LogP contribution in [0.15, 0.2) is 0 Å². The molecule has 0 bridgehead atoms. The summed E-state index contributed by atoms with van der Waals surface area (Å²) in [5.74, 6) is -0.0197. The van der Waals surface area contributed by atoms with E-state index in [1.54, 1.807) is 4.90 Å². The second-order valence-electron chi connectivity index (χ2n) is 3.56. The van der Waals surface area contributed by atoms with E-state index >= 15 is 0 Å². The van der Waals surface area contributed by atoms with Gasteiger partial charge < -0.3 is 19.8 Å². The summed E-state index contributed by atoms with van der Waals surface area (Å²) < 4.78 is 5.23. The molecule has 0 amide bonds. The minimum absolute atomic E-state index is 0.0500. The molecule has 0 radical (unpaired) electrons. The number of morpholine rings is 1. The van der Waals surface area contributed by atoms with E-state index in [4.69, 9.17) is 27.9 Å². The summed E-state index contributed by atoms with van der Waals surface area (Å²) in [7, 11) is 0. The molecule has 0 aliphatic carbocycles. The third kappa shape index (κ3) is 2.55. The van der Waals surface area contributed by atoms with Gasteiger partial charge in [0.15, 0.2) is 16.7 Å². The van der Waals surface area contributed by atoms with Crippen LogP contribution >= 0.6 is 23.2 Å². The molecule has 2 rings (SSSR count). The Balaban J connectivity index is 2.37. The smallest absolute Gasteiger partial charge is 0.226 e. The van der Waals surface area contributed by atoms with Crippen molar-refractivity contribution in [3.8, 4) is 5.75 Å². The molecule has 94 valence electrons. The monoisotopic (exact) mass is 279 g/mol. The van der Waals surface area contributed by atoms with Crippen molar-refractivity contribution in [1.82, 2.24) is 9.97 Å². The SMILES string of the molecule is OCC1COCCN1c1nc(Cl)nc(Cl)c1O. The van der Waals surface area contributed by atoms with Gasteiger partial charge in [0, 0.05) is 6.54 Å². The van der Waals surface area contributed by atoms with Crippen LogP contribution < -0.4 is 4.90 Å². The zero-order chi connectivity index (χ0) is 12.4. The predicted octanol–water partition coefficient (Wildman–Crippen LogP) is 0.686. The minimum atomic E-state index is -0.281. The van der Waals surface area contributed by atoms with Crippen LogP contribution in [0.1, 0.15) is 0 Å². The fraction of sp³-hybridized carbons (Fsp3) is 0.556. The van der Waals surface area contributed by atoms with Crippen molar-refractivity contribution in [2.75, 3.05) is 31.3 Å². The summed E-state index contributed by atoms with van der Waals surface area (Å²) in [5, 5.41) is 18.9. The van der Waals surface area contributed by atoms with Crippen LogP contribution in [0, 0.1) is 0 Å². The lowest BCUT2D eigenvalue weighted by atomic mass is 10.2.